The van der Waals surface area contributed by atoms with E-state index in [4.69, 9.17) is 0 Å². The Bertz CT molecular complexity index is 642. The van der Waals surface area contributed by atoms with E-state index < -0.39 is 0 Å². The van der Waals surface area contributed by atoms with E-state index in [9.17, 15) is 9.59 Å². The second kappa shape index (κ2) is 6.58. The monoisotopic (exact) mass is 326 g/mol. The van der Waals surface area contributed by atoms with Gasteiger partial charge in [-0.3, -0.25) is 9.59 Å². The molecule has 0 unspecified atom stereocenters. The molecule has 1 aromatic carbocycles. The van der Waals surface area contributed by atoms with Gasteiger partial charge in [0.2, 0.25) is 5.91 Å². The van der Waals surface area contributed by atoms with Gasteiger partial charge < -0.3 is 9.80 Å². The van der Waals surface area contributed by atoms with Crippen LogP contribution < -0.4 is 4.90 Å². The topological polar surface area (TPSA) is 40.6 Å². The van der Waals surface area contributed by atoms with Crippen LogP contribution in [0.1, 0.15) is 55.3 Å². The Morgan fingerprint density at radius 3 is 2.62 bits per heavy atom. The van der Waals surface area contributed by atoms with E-state index in [-0.39, 0.29) is 11.8 Å². The predicted molar refractivity (Wildman–Crippen MR) is 94.0 cm³/mol. The largest absolute Gasteiger partial charge is 0.338 e. The van der Waals surface area contributed by atoms with Crippen molar-refractivity contribution in [3.8, 4) is 0 Å². The van der Waals surface area contributed by atoms with E-state index in [1.165, 1.54) is 25.7 Å². The number of hydrogen-bond donors (Lipinski definition) is 0. The van der Waals surface area contributed by atoms with Crippen molar-refractivity contribution < 1.29 is 9.59 Å². The maximum absolute atomic E-state index is 12.9. The molecule has 4 nitrogen and oxygen atoms in total. The first-order chi connectivity index (χ1) is 11.7. The molecule has 0 N–H and O–H groups in total. The summed E-state index contributed by atoms with van der Waals surface area (Å²) in [4.78, 5) is 28.7. The van der Waals surface area contributed by atoms with Crippen molar-refractivity contribution in [1.29, 1.82) is 0 Å². The Hall–Kier alpha value is -1.84. The number of anilines is 1. The smallest absolute Gasteiger partial charge is 0.253 e. The van der Waals surface area contributed by atoms with Crippen LogP contribution in [0.3, 0.4) is 0 Å². The molecule has 4 heteroatoms. The zero-order valence-electron chi connectivity index (χ0n) is 14.2. The van der Waals surface area contributed by atoms with Gasteiger partial charge in [-0.25, -0.2) is 0 Å². The minimum Gasteiger partial charge on any atom is -0.338 e. The molecule has 128 valence electrons. The number of amides is 2. The lowest BCUT2D eigenvalue weighted by atomic mass is 9.75. The number of carbonyl (C=O) groups excluding carboxylic acids is 2. The van der Waals surface area contributed by atoms with Crippen LogP contribution in [0.4, 0.5) is 5.69 Å². The highest BCUT2D eigenvalue weighted by Gasteiger charge is 2.33. The van der Waals surface area contributed by atoms with E-state index in [0.717, 1.165) is 49.6 Å². The quantitative estimate of drug-likeness (QED) is 0.835. The minimum absolute atomic E-state index is 0.132. The molecule has 0 radical (unpaired) electrons. The number of benzene rings is 1. The zero-order valence-corrected chi connectivity index (χ0v) is 14.2. The standard InChI is InChI=1S/C20H26N2O2/c23-19-9-4-11-22(19)18-8-3-7-16(13-18)20(24)21-12-10-15-5-1-2-6-17(15)14-21/h3,7-8,13,15,17H,1-2,4-6,9-12,14H2/t15-,17+/m1/s1. The lowest BCUT2D eigenvalue weighted by Crippen LogP contribution is -2.44. The van der Waals surface area contributed by atoms with Crippen molar-refractivity contribution in [2.24, 2.45) is 11.8 Å². The number of piperidine rings is 1. The van der Waals surface area contributed by atoms with Crippen LogP contribution in [-0.2, 0) is 4.79 Å². The van der Waals surface area contributed by atoms with Gasteiger partial charge in [0.25, 0.3) is 5.91 Å². The number of likely N-dealkylation sites (tertiary alicyclic amines) is 1. The molecule has 0 bridgehead atoms. The van der Waals surface area contributed by atoms with Gasteiger partial charge in [0, 0.05) is 37.3 Å². The third kappa shape index (κ3) is 2.94. The van der Waals surface area contributed by atoms with E-state index in [1.54, 1.807) is 0 Å². The third-order valence-electron chi connectivity index (χ3n) is 6.06. The fourth-order valence-corrected chi connectivity index (χ4v) is 4.70. The molecule has 1 saturated carbocycles. The van der Waals surface area contributed by atoms with Gasteiger partial charge in [-0.15, -0.1) is 0 Å². The molecule has 3 aliphatic rings. The maximum atomic E-state index is 12.9. The van der Waals surface area contributed by atoms with Crippen molar-refractivity contribution >= 4 is 17.5 Å². The molecular formula is C20H26N2O2. The molecule has 1 aromatic rings. The molecule has 3 fully saturated rings. The van der Waals surface area contributed by atoms with Crippen LogP contribution in [0, 0.1) is 11.8 Å². The highest BCUT2D eigenvalue weighted by molar-refractivity contribution is 5.99. The first-order valence-electron chi connectivity index (χ1n) is 9.42. The molecule has 2 heterocycles. The highest BCUT2D eigenvalue weighted by atomic mass is 16.2. The maximum Gasteiger partial charge on any atom is 0.253 e. The number of fused-ring (bicyclic) bond motifs is 1. The fourth-order valence-electron chi connectivity index (χ4n) is 4.70. The Morgan fingerprint density at radius 2 is 1.83 bits per heavy atom. The van der Waals surface area contributed by atoms with E-state index in [1.807, 2.05) is 34.1 Å². The van der Waals surface area contributed by atoms with Crippen molar-refractivity contribution in [3.63, 3.8) is 0 Å². The van der Waals surface area contributed by atoms with Crippen LogP contribution in [0.2, 0.25) is 0 Å². The Morgan fingerprint density at radius 1 is 1.00 bits per heavy atom. The molecule has 0 spiro atoms. The summed E-state index contributed by atoms with van der Waals surface area (Å²) in [5.41, 5.74) is 1.59. The number of carbonyl (C=O) groups is 2. The van der Waals surface area contributed by atoms with Gasteiger partial charge in [-0.05, 0) is 49.3 Å². The van der Waals surface area contributed by atoms with Crippen molar-refractivity contribution in [2.45, 2.75) is 44.9 Å². The summed E-state index contributed by atoms with van der Waals surface area (Å²) in [5, 5.41) is 0. The third-order valence-corrected chi connectivity index (χ3v) is 6.06. The van der Waals surface area contributed by atoms with Crippen LogP contribution in [0.5, 0.6) is 0 Å². The lowest BCUT2D eigenvalue weighted by Gasteiger charge is -2.41. The highest BCUT2D eigenvalue weighted by Crippen LogP contribution is 2.36. The summed E-state index contributed by atoms with van der Waals surface area (Å²) >= 11 is 0. The number of hydrogen-bond acceptors (Lipinski definition) is 2. The van der Waals surface area contributed by atoms with Crippen molar-refractivity contribution in [3.05, 3.63) is 29.8 Å². The molecule has 2 atom stereocenters. The zero-order chi connectivity index (χ0) is 16.5. The van der Waals surface area contributed by atoms with Crippen LogP contribution in [0.25, 0.3) is 0 Å². The van der Waals surface area contributed by atoms with Crippen LogP contribution in [0.15, 0.2) is 24.3 Å². The average molecular weight is 326 g/mol. The van der Waals surface area contributed by atoms with Crippen molar-refractivity contribution in [1.82, 2.24) is 4.90 Å². The van der Waals surface area contributed by atoms with Gasteiger partial charge >= 0.3 is 0 Å². The van der Waals surface area contributed by atoms with Crippen LogP contribution in [-0.4, -0.2) is 36.3 Å². The second-order valence-electron chi connectivity index (χ2n) is 7.54. The molecule has 0 aromatic heterocycles. The van der Waals surface area contributed by atoms with Gasteiger partial charge in [-0.1, -0.05) is 25.3 Å². The normalized spacial score (nSPS) is 27.2. The van der Waals surface area contributed by atoms with Crippen LogP contribution >= 0.6 is 0 Å². The van der Waals surface area contributed by atoms with Gasteiger partial charge in [0.05, 0.1) is 0 Å². The van der Waals surface area contributed by atoms with E-state index in [0.29, 0.717) is 12.3 Å². The molecular weight excluding hydrogens is 300 g/mol. The Labute approximate surface area is 143 Å². The number of nitrogens with zero attached hydrogens (tertiary/aromatic N) is 2. The molecule has 2 amide bonds. The molecule has 2 saturated heterocycles. The summed E-state index contributed by atoms with van der Waals surface area (Å²) < 4.78 is 0. The lowest BCUT2D eigenvalue weighted by molar-refractivity contribution is -0.117. The summed E-state index contributed by atoms with van der Waals surface area (Å²) in [7, 11) is 0. The molecule has 1 aliphatic carbocycles. The molecule has 4 rings (SSSR count). The van der Waals surface area contributed by atoms with Gasteiger partial charge in [0.1, 0.15) is 0 Å². The summed E-state index contributed by atoms with van der Waals surface area (Å²) in [6, 6.07) is 7.63. The van der Waals surface area contributed by atoms with Gasteiger partial charge in [0.15, 0.2) is 0 Å². The van der Waals surface area contributed by atoms with E-state index >= 15 is 0 Å². The fraction of sp³-hybridized carbons (Fsp3) is 0.600. The van der Waals surface area contributed by atoms with E-state index in [2.05, 4.69) is 0 Å². The SMILES string of the molecule is O=C(c1cccc(N2CCCC2=O)c1)N1CC[C@H]2CCCC[C@H]2C1. The predicted octanol–water partition coefficient (Wildman–Crippen LogP) is 3.47. The summed E-state index contributed by atoms with van der Waals surface area (Å²) in [6.07, 6.45) is 7.98. The summed E-state index contributed by atoms with van der Waals surface area (Å²) in [6.45, 7) is 2.56. The first kappa shape index (κ1) is 15.7. The average Bonchev–Trinajstić information content (AvgIpc) is 3.07. The Kier molecular flexibility index (Phi) is 4.30. The number of rotatable bonds is 2. The minimum atomic E-state index is 0.132. The first-order valence-corrected chi connectivity index (χ1v) is 9.42. The molecule has 24 heavy (non-hydrogen) atoms. The molecule has 2 aliphatic heterocycles. The van der Waals surface area contributed by atoms with Gasteiger partial charge in [-0.2, -0.15) is 0 Å². The Balaban J connectivity index is 1.49. The summed E-state index contributed by atoms with van der Waals surface area (Å²) in [5.74, 6) is 1.83. The second-order valence-corrected chi connectivity index (χ2v) is 7.54. The van der Waals surface area contributed by atoms with Crippen molar-refractivity contribution in [2.75, 3.05) is 24.5 Å².